The number of benzene rings is 2. The van der Waals surface area contributed by atoms with Crippen LogP contribution in [0.3, 0.4) is 0 Å². The van der Waals surface area contributed by atoms with Crippen molar-refractivity contribution in [2.24, 2.45) is 0 Å². The first kappa shape index (κ1) is 17.6. The van der Waals surface area contributed by atoms with E-state index in [0.717, 1.165) is 0 Å². The third-order valence-corrected chi connectivity index (χ3v) is 4.82. The summed E-state index contributed by atoms with van der Waals surface area (Å²) < 4.78 is 73.5. The van der Waals surface area contributed by atoms with Gasteiger partial charge in [-0.3, -0.25) is 4.79 Å². The van der Waals surface area contributed by atoms with Gasteiger partial charge in [0.2, 0.25) is 34.8 Å². The second-order valence-electron chi connectivity index (χ2n) is 6.41. The van der Waals surface area contributed by atoms with E-state index in [1.165, 1.54) is 18.2 Å². The summed E-state index contributed by atoms with van der Waals surface area (Å²) >= 11 is 0. The number of carbonyl (C=O) groups excluding carboxylic acids is 1. The molecule has 29 heavy (non-hydrogen) atoms. The monoisotopic (exact) mass is 405 g/mol. The second kappa shape index (κ2) is 6.02. The van der Waals surface area contributed by atoms with Crippen molar-refractivity contribution >= 4 is 11.5 Å². The summed E-state index contributed by atoms with van der Waals surface area (Å²) in [5, 5.41) is 0. The molecule has 0 bridgehead atoms. The molecule has 0 amide bonds. The van der Waals surface area contributed by atoms with E-state index < -0.39 is 46.7 Å². The second-order valence-corrected chi connectivity index (χ2v) is 6.41. The van der Waals surface area contributed by atoms with E-state index in [1.54, 1.807) is 18.2 Å². The van der Waals surface area contributed by atoms with Crippen LogP contribution in [0.4, 0.5) is 22.0 Å². The lowest BCUT2D eigenvalue weighted by molar-refractivity contribution is 0.103. The molecule has 9 heteroatoms. The Morgan fingerprint density at radius 2 is 1.52 bits per heavy atom. The maximum absolute atomic E-state index is 14.1. The number of hydroxylamine groups is 1. The van der Waals surface area contributed by atoms with Crippen molar-refractivity contribution in [3.63, 3.8) is 0 Å². The minimum atomic E-state index is -2.30. The van der Waals surface area contributed by atoms with Gasteiger partial charge in [0.15, 0.2) is 11.5 Å². The summed E-state index contributed by atoms with van der Waals surface area (Å²) in [4.78, 5) is 18.5. The maximum atomic E-state index is 14.1. The molecule has 0 fully saturated rings. The van der Waals surface area contributed by atoms with E-state index in [1.807, 2.05) is 0 Å². The van der Waals surface area contributed by atoms with Crippen LogP contribution in [-0.4, -0.2) is 11.8 Å². The van der Waals surface area contributed by atoms with Crippen LogP contribution in [0.2, 0.25) is 0 Å². The maximum Gasteiger partial charge on any atom is 0.207 e. The zero-order chi connectivity index (χ0) is 20.4. The molecule has 5 rings (SSSR count). The summed E-state index contributed by atoms with van der Waals surface area (Å²) in [6.07, 6.45) is 2.70. The molecule has 4 nitrogen and oxygen atoms in total. The Bertz CT molecular complexity index is 1190. The molecule has 3 aliphatic rings. The molecular weight excluding hydrogens is 397 g/mol. The van der Waals surface area contributed by atoms with Crippen molar-refractivity contribution in [1.29, 1.82) is 0 Å². The molecule has 146 valence electrons. The number of allylic oxidation sites excluding steroid dienone is 1. The molecule has 1 N–H and O–H groups in total. The number of hydrogen-bond acceptors (Lipinski definition) is 4. The predicted octanol–water partition coefficient (Wildman–Crippen LogP) is 4.10. The number of nitrogens with one attached hydrogen (secondary N) is 1. The number of halogens is 5. The van der Waals surface area contributed by atoms with E-state index in [9.17, 15) is 26.7 Å². The number of ketones is 1. The van der Waals surface area contributed by atoms with Gasteiger partial charge in [0, 0.05) is 16.7 Å². The summed E-state index contributed by atoms with van der Waals surface area (Å²) in [7, 11) is 0. The molecule has 0 aromatic heterocycles. The van der Waals surface area contributed by atoms with Crippen LogP contribution in [-0.2, 0) is 4.84 Å². The van der Waals surface area contributed by atoms with Crippen molar-refractivity contribution < 1.29 is 36.3 Å². The standard InChI is InChI=1S/C20H8F5NO3/c21-13-14(22)16(24)20(17(25)15(13)23)28-10-6-5-9-11-12(10)18(27)7-3-1-2-4-8(7)19(11)29-26-9/h1-6,9,26H. The van der Waals surface area contributed by atoms with E-state index >= 15 is 0 Å². The molecule has 1 aliphatic heterocycles. The Morgan fingerprint density at radius 1 is 0.897 bits per heavy atom. The van der Waals surface area contributed by atoms with E-state index in [2.05, 4.69) is 5.48 Å². The van der Waals surface area contributed by atoms with Gasteiger partial charge in [-0.15, -0.1) is 5.48 Å². The number of rotatable bonds is 2. The third-order valence-electron chi connectivity index (χ3n) is 4.82. The zero-order valence-corrected chi connectivity index (χ0v) is 14.2. The Kier molecular flexibility index (Phi) is 3.66. The fourth-order valence-corrected chi connectivity index (χ4v) is 3.50. The third kappa shape index (κ3) is 2.31. The normalized spacial score (nSPS) is 19.3. The van der Waals surface area contributed by atoms with Crippen molar-refractivity contribution in [1.82, 2.24) is 5.48 Å². The highest BCUT2D eigenvalue weighted by atomic mass is 19.2. The summed E-state index contributed by atoms with van der Waals surface area (Å²) in [6, 6.07) is 5.97. The largest absolute Gasteiger partial charge is 0.450 e. The highest BCUT2D eigenvalue weighted by Gasteiger charge is 2.42. The number of Topliss-reactive ketones (excluding diaryl/α,β-unsaturated/α-hetero) is 1. The molecule has 1 atom stereocenters. The highest BCUT2D eigenvalue weighted by Crippen LogP contribution is 2.44. The summed E-state index contributed by atoms with van der Waals surface area (Å²) in [5.41, 5.74) is 3.74. The predicted molar refractivity (Wildman–Crippen MR) is 88.7 cm³/mol. The SMILES string of the molecule is O=C1C2=C(Oc3c(F)c(F)c(F)c(F)c3F)C=CC3NOC(=C23)c2ccccc21. The molecular formula is C20H8F5NO3. The molecule has 0 saturated heterocycles. The van der Waals surface area contributed by atoms with E-state index in [-0.39, 0.29) is 16.9 Å². The first-order valence-electron chi connectivity index (χ1n) is 8.33. The first-order chi connectivity index (χ1) is 13.9. The van der Waals surface area contributed by atoms with Crippen LogP contribution in [0.25, 0.3) is 5.76 Å². The fourth-order valence-electron chi connectivity index (χ4n) is 3.50. The molecule has 0 saturated carbocycles. The highest BCUT2D eigenvalue weighted by molar-refractivity contribution is 6.19. The Labute approximate surface area is 159 Å². The lowest BCUT2D eigenvalue weighted by Gasteiger charge is -2.24. The van der Waals surface area contributed by atoms with Crippen molar-refractivity contribution in [2.75, 3.05) is 0 Å². The first-order valence-corrected chi connectivity index (χ1v) is 8.33. The van der Waals surface area contributed by atoms with E-state index in [4.69, 9.17) is 9.57 Å². The van der Waals surface area contributed by atoms with Gasteiger partial charge in [0.05, 0.1) is 11.6 Å². The Balaban J connectivity index is 1.72. The molecule has 2 aromatic carbocycles. The van der Waals surface area contributed by atoms with Gasteiger partial charge in [-0.05, 0) is 6.08 Å². The Morgan fingerprint density at radius 3 is 2.21 bits per heavy atom. The van der Waals surface area contributed by atoms with Crippen molar-refractivity contribution in [3.05, 3.63) is 93.5 Å². The summed E-state index contributed by atoms with van der Waals surface area (Å²) in [6.45, 7) is 0. The summed E-state index contributed by atoms with van der Waals surface area (Å²) in [5.74, 6) is -12.9. The van der Waals surface area contributed by atoms with Gasteiger partial charge in [-0.25, -0.2) is 13.2 Å². The van der Waals surface area contributed by atoms with Crippen LogP contribution in [0.1, 0.15) is 15.9 Å². The molecule has 2 aromatic rings. The molecule has 0 radical (unpaired) electrons. The smallest absolute Gasteiger partial charge is 0.207 e. The van der Waals surface area contributed by atoms with Crippen molar-refractivity contribution in [2.45, 2.75) is 6.04 Å². The van der Waals surface area contributed by atoms with Crippen LogP contribution < -0.4 is 10.2 Å². The van der Waals surface area contributed by atoms with Gasteiger partial charge >= 0.3 is 0 Å². The van der Waals surface area contributed by atoms with Gasteiger partial charge in [0.25, 0.3) is 0 Å². The van der Waals surface area contributed by atoms with Crippen LogP contribution in [0.15, 0.2) is 53.3 Å². The average molecular weight is 405 g/mol. The quantitative estimate of drug-likeness (QED) is 0.465. The number of fused-ring (bicyclic) bond motifs is 2. The minimum Gasteiger partial charge on any atom is -0.450 e. The number of ether oxygens (including phenoxy) is 1. The van der Waals surface area contributed by atoms with Gasteiger partial charge in [-0.2, -0.15) is 8.78 Å². The van der Waals surface area contributed by atoms with Crippen LogP contribution in [0.5, 0.6) is 5.75 Å². The molecule has 0 spiro atoms. The Hall–Kier alpha value is -3.46. The average Bonchev–Trinajstić information content (AvgIpc) is 3.17. The number of hydrogen-bond donors (Lipinski definition) is 1. The van der Waals surface area contributed by atoms with Gasteiger partial charge in [-0.1, -0.05) is 30.3 Å². The van der Waals surface area contributed by atoms with Crippen LogP contribution >= 0.6 is 0 Å². The van der Waals surface area contributed by atoms with Gasteiger partial charge < -0.3 is 9.57 Å². The fraction of sp³-hybridized carbons (Fsp3) is 0.0500. The lowest BCUT2D eigenvalue weighted by Crippen LogP contribution is -2.28. The van der Waals surface area contributed by atoms with Crippen molar-refractivity contribution in [3.8, 4) is 5.75 Å². The topological polar surface area (TPSA) is 47.6 Å². The van der Waals surface area contributed by atoms with Crippen LogP contribution in [0, 0.1) is 29.1 Å². The zero-order valence-electron chi connectivity index (χ0n) is 14.2. The molecule has 2 aliphatic carbocycles. The van der Waals surface area contributed by atoms with E-state index in [0.29, 0.717) is 16.9 Å². The number of carbonyl (C=O) groups is 1. The molecule has 1 unspecified atom stereocenters. The lowest BCUT2D eigenvalue weighted by atomic mass is 9.80. The van der Waals surface area contributed by atoms with Gasteiger partial charge in [0.1, 0.15) is 5.76 Å². The molecule has 1 heterocycles. The minimum absolute atomic E-state index is 0.0832.